The Morgan fingerprint density at radius 2 is 1.90 bits per heavy atom. The van der Waals surface area contributed by atoms with E-state index in [2.05, 4.69) is 33.0 Å². The number of hydrogen-bond acceptors (Lipinski definition) is 1. The summed E-state index contributed by atoms with van der Waals surface area (Å²) in [5.41, 5.74) is 0.0527. The molecule has 0 radical (unpaired) electrons. The molecule has 1 fully saturated rings. The van der Waals surface area contributed by atoms with Gasteiger partial charge in [-0.15, -0.1) is 0 Å². The number of carbonyl (C=O) groups is 1. The standard InChI is InChI=1S/C18H35NO/c1-7-14(5)9-16-10-15(6)11-18(8-2,12-16)19-17(20)13(3)4/h13-16H,7-12H2,1-6H3,(H,19,20). The zero-order valence-electron chi connectivity index (χ0n) is 14.5. The van der Waals surface area contributed by atoms with E-state index in [-0.39, 0.29) is 17.4 Å². The molecule has 1 amide bonds. The first-order valence-electron chi connectivity index (χ1n) is 8.63. The molecule has 2 heteroatoms. The van der Waals surface area contributed by atoms with Gasteiger partial charge in [-0.3, -0.25) is 4.79 Å². The summed E-state index contributed by atoms with van der Waals surface area (Å²) >= 11 is 0. The number of carbonyl (C=O) groups excluding carboxylic acids is 1. The van der Waals surface area contributed by atoms with Crippen LogP contribution in [0.3, 0.4) is 0 Å². The van der Waals surface area contributed by atoms with Crippen LogP contribution in [0.2, 0.25) is 0 Å². The fraction of sp³-hybridized carbons (Fsp3) is 0.944. The van der Waals surface area contributed by atoms with Crippen molar-refractivity contribution in [3.05, 3.63) is 0 Å². The molecule has 0 heterocycles. The maximum Gasteiger partial charge on any atom is 0.222 e. The van der Waals surface area contributed by atoms with Crippen molar-refractivity contribution in [2.24, 2.45) is 23.7 Å². The van der Waals surface area contributed by atoms with Gasteiger partial charge in [0.15, 0.2) is 0 Å². The number of hydrogen-bond donors (Lipinski definition) is 1. The first-order valence-corrected chi connectivity index (χ1v) is 8.63. The van der Waals surface area contributed by atoms with Gasteiger partial charge in [-0.25, -0.2) is 0 Å². The molecule has 0 aliphatic heterocycles. The second-order valence-corrected chi connectivity index (χ2v) is 7.64. The largest absolute Gasteiger partial charge is 0.350 e. The lowest BCUT2D eigenvalue weighted by atomic mass is 9.67. The highest BCUT2D eigenvalue weighted by Gasteiger charge is 2.39. The van der Waals surface area contributed by atoms with Crippen molar-refractivity contribution < 1.29 is 4.79 Å². The maximum atomic E-state index is 12.2. The van der Waals surface area contributed by atoms with Crippen molar-refractivity contribution in [1.82, 2.24) is 5.32 Å². The van der Waals surface area contributed by atoms with Crippen LogP contribution in [0.15, 0.2) is 0 Å². The van der Waals surface area contributed by atoms with E-state index in [0.717, 1.165) is 30.6 Å². The maximum absolute atomic E-state index is 12.2. The Hall–Kier alpha value is -0.530. The van der Waals surface area contributed by atoms with Crippen LogP contribution in [0.4, 0.5) is 0 Å². The lowest BCUT2D eigenvalue weighted by Crippen LogP contribution is -2.53. The summed E-state index contributed by atoms with van der Waals surface area (Å²) in [6.07, 6.45) is 7.31. The van der Waals surface area contributed by atoms with E-state index in [0.29, 0.717) is 0 Å². The highest BCUT2D eigenvalue weighted by Crippen LogP contribution is 2.41. The minimum absolute atomic E-state index is 0.0527. The van der Waals surface area contributed by atoms with Gasteiger partial charge in [-0.05, 0) is 49.9 Å². The molecule has 2 nitrogen and oxygen atoms in total. The second kappa shape index (κ2) is 7.47. The zero-order valence-corrected chi connectivity index (χ0v) is 14.5. The minimum atomic E-state index is 0.0527. The molecule has 0 saturated heterocycles. The van der Waals surface area contributed by atoms with Crippen molar-refractivity contribution in [3.8, 4) is 0 Å². The summed E-state index contributed by atoms with van der Waals surface area (Å²) in [6, 6.07) is 0. The molecule has 118 valence electrons. The Balaban J connectivity index is 2.76. The monoisotopic (exact) mass is 281 g/mol. The topological polar surface area (TPSA) is 29.1 Å². The molecular formula is C18H35NO. The van der Waals surface area contributed by atoms with Crippen LogP contribution in [0, 0.1) is 23.7 Å². The smallest absolute Gasteiger partial charge is 0.222 e. The molecule has 1 aliphatic carbocycles. The van der Waals surface area contributed by atoms with E-state index in [1.807, 2.05) is 13.8 Å². The Kier molecular flexibility index (Phi) is 6.54. The predicted molar refractivity (Wildman–Crippen MR) is 86.6 cm³/mol. The molecular weight excluding hydrogens is 246 g/mol. The fourth-order valence-electron chi connectivity index (χ4n) is 3.84. The molecule has 4 unspecified atom stereocenters. The van der Waals surface area contributed by atoms with Gasteiger partial charge < -0.3 is 5.32 Å². The van der Waals surface area contributed by atoms with Crippen LogP contribution in [0.25, 0.3) is 0 Å². The summed E-state index contributed by atoms with van der Waals surface area (Å²) in [6.45, 7) is 13.2. The number of nitrogens with one attached hydrogen (secondary N) is 1. The molecule has 0 bridgehead atoms. The third kappa shape index (κ3) is 4.79. The van der Waals surface area contributed by atoms with Gasteiger partial charge in [0.1, 0.15) is 0 Å². The first kappa shape index (κ1) is 17.5. The summed E-state index contributed by atoms with van der Waals surface area (Å²) in [5.74, 6) is 2.62. The Morgan fingerprint density at radius 3 is 2.40 bits per heavy atom. The predicted octanol–water partition coefficient (Wildman–Crippen LogP) is 4.78. The lowest BCUT2D eigenvalue weighted by Gasteiger charge is -2.45. The molecule has 1 saturated carbocycles. The van der Waals surface area contributed by atoms with Crippen molar-refractivity contribution in [1.29, 1.82) is 0 Å². The van der Waals surface area contributed by atoms with Gasteiger partial charge >= 0.3 is 0 Å². The SMILES string of the molecule is CCC(C)CC1CC(C)CC(CC)(NC(=O)C(C)C)C1. The molecule has 0 aromatic carbocycles. The van der Waals surface area contributed by atoms with Crippen LogP contribution < -0.4 is 5.32 Å². The van der Waals surface area contributed by atoms with Crippen molar-refractivity contribution in [2.45, 2.75) is 85.6 Å². The summed E-state index contributed by atoms with van der Waals surface area (Å²) < 4.78 is 0. The lowest BCUT2D eigenvalue weighted by molar-refractivity contribution is -0.127. The molecule has 0 aromatic heterocycles. The van der Waals surface area contributed by atoms with E-state index in [1.165, 1.54) is 25.7 Å². The van der Waals surface area contributed by atoms with Crippen LogP contribution >= 0.6 is 0 Å². The quantitative estimate of drug-likeness (QED) is 0.746. The highest BCUT2D eigenvalue weighted by atomic mass is 16.2. The van der Waals surface area contributed by atoms with Crippen molar-refractivity contribution >= 4 is 5.91 Å². The van der Waals surface area contributed by atoms with Crippen LogP contribution in [0.5, 0.6) is 0 Å². The summed E-state index contributed by atoms with van der Waals surface area (Å²) in [5, 5.41) is 3.39. The van der Waals surface area contributed by atoms with E-state index in [9.17, 15) is 4.79 Å². The van der Waals surface area contributed by atoms with Crippen molar-refractivity contribution in [3.63, 3.8) is 0 Å². The Labute approximate surface area is 126 Å². The molecule has 20 heavy (non-hydrogen) atoms. The van der Waals surface area contributed by atoms with Crippen LogP contribution in [0.1, 0.15) is 80.1 Å². The Morgan fingerprint density at radius 1 is 1.25 bits per heavy atom. The zero-order chi connectivity index (χ0) is 15.3. The van der Waals surface area contributed by atoms with Crippen LogP contribution in [-0.2, 0) is 4.79 Å². The summed E-state index contributed by atoms with van der Waals surface area (Å²) in [7, 11) is 0. The van der Waals surface area contributed by atoms with Gasteiger partial charge in [-0.2, -0.15) is 0 Å². The average molecular weight is 281 g/mol. The number of rotatable bonds is 6. The normalized spacial score (nSPS) is 32.1. The van der Waals surface area contributed by atoms with Crippen molar-refractivity contribution in [2.75, 3.05) is 0 Å². The Bertz CT molecular complexity index is 313. The molecule has 4 atom stereocenters. The third-order valence-corrected chi connectivity index (χ3v) is 5.18. The summed E-state index contributed by atoms with van der Waals surface area (Å²) in [4.78, 5) is 12.2. The van der Waals surface area contributed by atoms with E-state index in [1.54, 1.807) is 0 Å². The highest BCUT2D eigenvalue weighted by molar-refractivity contribution is 5.78. The number of amides is 1. The van der Waals surface area contributed by atoms with Gasteiger partial charge in [0, 0.05) is 11.5 Å². The minimum Gasteiger partial charge on any atom is -0.350 e. The second-order valence-electron chi connectivity index (χ2n) is 7.64. The fourth-order valence-corrected chi connectivity index (χ4v) is 3.84. The van der Waals surface area contributed by atoms with E-state index in [4.69, 9.17) is 0 Å². The molecule has 1 rings (SSSR count). The van der Waals surface area contributed by atoms with Gasteiger partial charge in [0.25, 0.3) is 0 Å². The molecule has 0 spiro atoms. The average Bonchev–Trinajstić information content (AvgIpc) is 2.37. The van der Waals surface area contributed by atoms with Gasteiger partial charge in [-0.1, -0.05) is 48.0 Å². The molecule has 1 aliphatic rings. The molecule has 1 N–H and O–H groups in total. The van der Waals surface area contributed by atoms with Gasteiger partial charge in [0.2, 0.25) is 5.91 Å². The van der Waals surface area contributed by atoms with Crippen LogP contribution in [-0.4, -0.2) is 11.4 Å². The van der Waals surface area contributed by atoms with Gasteiger partial charge in [0.05, 0.1) is 0 Å². The van der Waals surface area contributed by atoms with E-state index < -0.39 is 0 Å². The first-order chi connectivity index (χ1) is 9.31. The van der Waals surface area contributed by atoms with E-state index >= 15 is 0 Å². The molecule has 0 aromatic rings. The third-order valence-electron chi connectivity index (χ3n) is 5.18.